The Bertz CT molecular complexity index is 807. The maximum atomic E-state index is 6.00. The van der Waals surface area contributed by atoms with Crippen LogP contribution in [0.2, 0.25) is 0 Å². The summed E-state index contributed by atoms with van der Waals surface area (Å²) in [5, 5.41) is 11.3. The van der Waals surface area contributed by atoms with Gasteiger partial charge >= 0.3 is 0 Å². The smallest absolute Gasteiger partial charge is 0.191 e. The van der Waals surface area contributed by atoms with Crippen LogP contribution in [0.1, 0.15) is 36.4 Å². The van der Waals surface area contributed by atoms with Gasteiger partial charge in [0.05, 0.1) is 31.9 Å². The molecule has 1 atom stereocenters. The number of hydrogen-bond acceptors (Lipinski definition) is 4. The fourth-order valence-electron chi connectivity index (χ4n) is 3.06. The van der Waals surface area contributed by atoms with E-state index in [1.54, 1.807) is 7.11 Å². The number of nitrogens with zero attached hydrogens (tertiary/aromatic N) is 3. The van der Waals surface area contributed by atoms with Crippen LogP contribution >= 0.6 is 24.0 Å². The summed E-state index contributed by atoms with van der Waals surface area (Å²) in [6, 6.07) is 8.10. The SMILES string of the molecule is CCNC(=NCc1c(C)nn(CCOC)c1C)NCC(C)Oc1cccc(C)c1.I. The van der Waals surface area contributed by atoms with Gasteiger partial charge in [0.1, 0.15) is 11.9 Å². The van der Waals surface area contributed by atoms with Gasteiger partial charge in [-0.2, -0.15) is 5.10 Å². The van der Waals surface area contributed by atoms with Crippen molar-refractivity contribution in [1.29, 1.82) is 0 Å². The molecule has 2 rings (SSSR count). The number of ether oxygens (including phenoxy) is 2. The van der Waals surface area contributed by atoms with Crippen molar-refractivity contribution in [3.05, 3.63) is 46.8 Å². The molecular weight excluding hydrogens is 493 g/mol. The molecular formula is C22H36IN5O2. The number of guanidine groups is 1. The number of aryl methyl sites for hydroxylation is 2. The maximum absolute atomic E-state index is 6.00. The predicted molar refractivity (Wildman–Crippen MR) is 133 cm³/mol. The van der Waals surface area contributed by atoms with Crippen LogP contribution in [0.5, 0.6) is 5.75 Å². The van der Waals surface area contributed by atoms with Crippen LogP contribution in [0.3, 0.4) is 0 Å². The molecule has 8 heteroatoms. The summed E-state index contributed by atoms with van der Waals surface area (Å²) in [5.74, 6) is 1.66. The van der Waals surface area contributed by atoms with Crippen molar-refractivity contribution >= 4 is 29.9 Å². The molecule has 0 aliphatic rings. The average molecular weight is 529 g/mol. The van der Waals surface area contributed by atoms with E-state index in [-0.39, 0.29) is 30.1 Å². The van der Waals surface area contributed by atoms with Crippen molar-refractivity contribution in [2.24, 2.45) is 4.99 Å². The highest BCUT2D eigenvalue weighted by atomic mass is 127. The number of aromatic nitrogens is 2. The third kappa shape index (κ3) is 8.14. The number of nitrogens with one attached hydrogen (secondary N) is 2. The van der Waals surface area contributed by atoms with Gasteiger partial charge < -0.3 is 20.1 Å². The van der Waals surface area contributed by atoms with Crippen molar-refractivity contribution in [3.63, 3.8) is 0 Å². The first-order chi connectivity index (χ1) is 13.9. The number of halogens is 1. The Labute approximate surface area is 197 Å². The van der Waals surface area contributed by atoms with Crippen LogP contribution in [-0.4, -0.2) is 48.7 Å². The summed E-state index contributed by atoms with van der Waals surface area (Å²) in [5.41, 5.74) is 4.49. The van der Waals surface area contributed by atoms with E-state index in [1.807, 2.05) is 36.7 Å². The largest absolute Gasteiger partial charge is 0.489 e. The van der Waals surface area contributed by atoms with E-state index >= 15 is 0 Å². The molecule has 1 aromatic carbocycles. The molecule has 7 nitrogen and oxygen atoms in total. The quantitative estimate of drug-likeness (QED) is 0.280. The molecule has 0 aliphatic heterocycles. The van der Waals surface area contributed by atoms with E-state index in [1.165, 1.54) is 5.56 Å². The Morgan fingerprint density at radius 3 is 2.67 bits per heavy atom. The molecule has 0 saturated carbocycles. The van der Waals surface area contributed by atoms with E-state index in [4.69, 9.17) is 14.5 Å². The zero-order valence-corrected chi connectivity index (χ0v) is 21.3. The van der Waals surface area contributed by atoms with Crippen LogP contribution in [0, 0.1) is 20.8 Å². The normalized spacial score (nSPS) is 12.3. The lowest BCUT2D eigenvalue weighted by Gasteiger charge is -2.18. The van der Waals surface area contributed by atoms with Crippen molar-refractivity contribution in [2.45, 2.75) is 53.8 Å². The van der Waals surface area contributed by atoms with Gasteiger partial charge in [-0.25, -0.2) is 4.99 Å². The first kappa shape index (κ1) is 26.2. The van der Waals surface area contributed by atoms with Crippen molar-refractivity contribution in [2.75, 3.05) is 26.8 Å². The summed E-state index contributed by atoms with van der Waals surface area (Å²) >= 11 is 0. The highest BCUT2D eigenvalue weighted by Crippen LogP contribution is 2.15. The standard InChI is InChI=1S/C22H35N5O2.HI/c1-7-23-22(24-14-17(3)29-20-10-8-9-16(2)13-20)25-15-21-18(4)26-27(19(21)5)11-12-28-6;/h8-10,13,17H,7,11-12,14-15H2,1-6H3,(H2,23,24,25);1H. The predicted octanol–water partition coefficient (Wildman–Crippen LogP) is 3.60. The monoisotopic (exact) mass is 529 g/mol. The summed E-state index contributed by atoms with van der Waals surface area (Å²) in [4.78, 5) is 4.75. The van der Waals surface area contributed by atoms with Crippen molar-refractivity contribution in [3.8, 4) is 5.75 Å². The Morgan fingerprint density at radius 2 is 2.00 bits per heavy atom. The second-order valence-corrected chi connectivity index (χ2v) is 7.19. The van der Waals surface area contributed by atoms with Gasteiger partial charge in [-0.1, -0.05) is 12.1 Å². The zero-order valence-electron chi connectivity index (χ0n) is 19.0. The highest BCUT2D eigenvalue weighted by Gasteiger charge is 2.12. The van der Waals surface area contributed by atoms with Crippen LogP contribution in [0.4, 0.5) is 0 Å². The minimum Gasteiger partial charge on any atom is -0.489 e. The van der Waals surface area contributed by atoms with E-state index in [0.717, 1.165) is 41.7 Å². The zero-order chi connectivity index (χ0) is 21.2. The molecule has 0 aliphatic carbocycles. The molecule has 30 heavy (non-hydrogen) atoms. The number of aliphatic imine (C=N–C) groups is 1. The Morgan fingerprint density at radius 1 is 1.23 bits per heavy atom. The molecule has 2 aromatic rings. The summed E-state index contributed by atoms with van der Waals surface area (Å²) in [6.07, 6.45) is 0.0147. The van der Waals surface area contributed by atoms with Crippen LogP contribution in [0.15, 0.2) is 29.3 Å². The number of hydrogen-bond donors (Lipinski definition) is 2. The summed E-state index contributed by atoms with van der Waals surface area (Å²) in [6.45, 7) is 13.7. The van der Waals surface area contributed by atoms with Crippen molar-refractivity contribution in [1.82, 2.24) is 20.4 Å². The Hall–Kier alpha value is -1.81. The molecule has 1 aromatic heterocycles. The highest BCUT2D eigenvalue weighted by molar-refractivity contribution is 14.0. The van der Waals surface area contributed by atoms with Gasteiger partial charge in [-0.05, 0) is 52.3 Å². The van der Waals surface area contributed by atoms with Crippen LogP contribution in [0.25, 0.3) is 0 Å². The molecule has 1 unspecified atom stereocenters. The third-order valence-corrected chi connectivity index (χ3v) is 4.66. The molecule has 168 valence electrons. The van der Waals surface area contributed by atoms with Gasteiger partial charge in [0.25, 0.3) is 0 Å². The number of benzene rings is 1. The minimum atomic E-state index is 0. The number of rotatable bonds is 10. The molecule has 0 radical (unpaired) electrons. The fourth-order valence-corrected chi connectivity index (χ4v) is 3.06. The third-order valence-electron chi connectivity index (χ3n) is 4.66. The van der Waals surface area contributed by atoms with Gasteiger partial charge in [0, 0.05) is 24.9 Å². The average Bonchev–Trinajstić information content (AvgIpc) is 2.95. The lowest BCUT2D eigenvalue weighted by molar-refractivity contribution is 0.182. The van der Waals surface area contributed by atoms with Crippen LogP contribution in [-0.2, 0) is 17.8 Å². The Kier molecular flexibility index (Phi) is 11.8. The Balaban J connectivity index is 0.00000450. The topological polar surface area (TPSA) is 72.7 Å². The minimum absolute atomic E-state index is 0. The molecule has 1 heterocycles. The lowest BCUT2D eigenvalue weighted by Crippen LogP contribution is -2.41. The van der Waals surface area contributed by atoms with Gasteiger partial charge in [-0.15, -0.1) is 24.0 Å². The summed E-state index contributed by atoms with van der Waals surface area (Å²) < 4.78 is 13.1. The van der Waals surface area contributed by atoms with E-state index in [9.17, 15) is 0 Å². The van der Waals surface area contributed by atoms with E-state index in [0.29, 0.717) is 19.7 Å². The van der Waals surface area contributed by atoms with E-state index < -0.39 is 0 Å². The van der Waals surface area contributed by atoms with Gasteiger partial charge in [0.15, 0.2) is 5.96 Å². The molecule has 0 bridgehead atoms. The second kappa shape index (κ2) is 13.5. The lowest BCUT2D eigenvalue weighted by atomic mass is 10.2. The summed E-state index contributed by atoms with van der Waals surface area (Å²) in [7, 11) is 1.70. The molecule has 0 saturated heterocycles. The maximum Gasteiger partial charge on any atom is 0.191 e. The van der Waals surface area contributed by atoms with E-state index in [2.05, 4.69) is 42.6 Å². The molecule has 2 N–H and O–H groups in total. The van der Waals surface area contributed by atoms with Crippen molar-refractivity contribution < 1.29 is 9.47 Å². The van der Waals surface area contributed by atoms with Gasteiger partial charge in [-0.3, -0.25) is 4.68 Å². The first-order valence-electron chi connectivity index (χ1n) is 10.2. The number of methoxy groups -OCH3 is 1. The second-order valence-electron chi connectivity index (χ2n) is 7.19. The first-order valence-corrected chi connectivity index (χ1v) is 10.2. The van der Waals surface area contributed by atoms with Crippen LogP contribution < -0.4 is 15.4 Å². The molecule has 0 spiro atoms. The fraction of sp³-hybridized carbons (Fsp3) is 0.545. The molecule has 0 amide bonds. The molecule has 0 fully saturated rings. The van der Waals surface area contributed by atoms with Gasteiger partial charge in [0.2, 0.25) is 0 Å².